The maximum absolute atomic E-state index is 13.8. The van der Waals surface area contributed by atoms with Crippen LogP contribution in [0.25, 0.3) is 32.8 Å². The Hall–Kier alpha value is -3.34. The van der Waals surface area contributed by atoms with E-state index < -0.39 is 0 Å². The number of H-pyrrole nitrogens is 1. The predicted molar refractivity (Wildman–Crippen MR) is 133 cm³/mol. The number of anilines is 1. The van der Waals surface area contributed by atoms with Crippen LogP contribution in [0.5, 0.6) is 0 Å². The van der Waals surface area contributed by atoms with Crippen LogP contribution in [-0.2, 0) is 6.61 Å². The lowest BCUT2D eigenvalue weighted by Gasteiger charge is -2.35. The van der Waals surface area contributed by atoms with Crippen LogP contribution in [-0.4, -0.2) is 52.8 Å². The molecule has 0 amide bonds. The number of aliphatic hydroxyl groups is 1. The summed E-state index contributed by atoms with van der Waals surface area (Å²) in [6.07, 6.45) is 0.900. The van der Waals surface area contributed by atoms with E-state index in [9.17, 15) is 15.2 Å². The van der Waals surface area contributed by atoms with E-state index in [-0.39, 0.29) is 18.1 Å². The third-order valence-electron chi connectivity index (χ3n) is 7.12. The Morgan fingerprint density at radius 1 is 1.15 bits per heavy atom. The molecule has 33 heavy (non-hydrogen) atoms. The van der Waals surface area contributed by atoms with Crippen LogP contribution in [0.2, 0.25) is 0 Å². The first-order chi connectivity index (χ1) is 16.0. The van der Waals surface area contributed by atoms with Gasteiger partial charge in [-0.3, -0.25) is 4.79 Å². The van der Waals surface area contributed by atoms with E-state index in [2.05, 4.69) is 52.4 Å². The van der Waals surface area contributed by atoms with Gasteiger partial charge in [-0.2, -0.15) is 5.26 Å². The van der Waals surface area contributed by atoms with Gasteiger partial charge in [-0.25, -0.2) is 0 Å². The fraction of sp³-hybridized carbons (Fsp3) is 0.385. The Bertz CT molecular complexity index is 1470. The second-order valence-electron chi connectivity index (χ2n) is 9.12. The Balaban J connectivity index is 1.87. The maximum atomic E-state index is 13.8. The number of pyridine rings is 1. The van der Waals surface area contributed by atoms with Gasteiger partial charge in [-0.15, -0.1) is 0 Å². The smallest absolute Gasteiger partial charge is 0.199 e. The second kappa shape index (κ2) is 8.22. The minimum atomic E-state index is -0.113. The van der Waals surface area contributed by atoms with Crippen molar-refractivity contribution in [2.24, 2.45) is 0 Å². The number of nitrogens with zero attached hydrogens (tertiary/aromatic N) is 4. The number of aromatic amines is 1. The van der Waals surface area contributed by atoms with Crippen LogP contribution in [0.15, 0.2) is 35.1 Å². The van der Waals surface area contributed by atoms with Gasteiger partial charge in [0.1, 0.15) is 5.65 Å². The second-order valence-corrected chi connectivity index (χ2v) is 9.12. The van der Waals surface area contributed by atoms with Crippen LogP contribution in [0.1, 0.15) is 37.4 Å². The molecule has 170 valence electrons. The topological polar surface area (TPSA) is 88.3 Å². The summed E-state index contributed by atoms with van der Waals surface area (Å²) in [6, 6.07) is 11.7. The molecule has 7 nitrogen and oxygen atoms in total. The van der Waals surface area contributed by atoms with Crippen molar-refractivity contribution in [2.75, 3.05) is 38.1 Å². The predicted octanol–water partition coefficient (Wildman–Crippen LogP) is 3.72. The standard InChI is InChI=1S/C26H29N5O2/c1-4-16(2)31-23-13-22(30-9-7-29(3)8-10-30)18(15-32)12-20(23)25(33)24-19-6-5-17(14-27)11-21(19)28-26(24)31/h5-6,11-13,16,28,32H,4,7-10,15H2,1-3H3. The molecule has 1 unspecified atom stereocenters. The highest BCUT2D eigenvalue weighted by Crippen LogP contribution is 2.34. The summed E-state index contributed by atoms with van der Waals surface area (Å²) in [7, 11) is 2.12. The van der Waals surface area contributed by atoms with E-state index in [0.717, 1.165) is 65.9 Å². The molecular formula is C26H29N5O2. The van der Waals surface area contributed by atoms with E-state index in [4.69, 9.17) is 0 Å². The summed E-state index contributed by atoms with van der Waals surface area (Å²) < 4.78 is 2.22. The highest BCUT2D eigenvalue weighted by Gasteiger charge is 2.23. The zero-order chi connectivity index (χ0) is 23.3. The number of rotatable bonds is 4. The molecule has 1 saturated heterocycles. The van der Waals surface area contributed by atoms with Gasteiger partial charge in [0, 0.05) is 59.8 Å². The lowest BCUT2D eigenvalue weighted by Crippen LogP contribution is -2.44. The number of likely N-dealkylation sites (N-methyl/N-ethyl adjacent to an activating group) is 1. The Morgan fingerprint density at radius 2 is 1.91 bits per heavy atom. The monoisotopic (exact) mass is 443 g/mol. The molecule has 2 aromatic heterocycles. The summed E-state index contributed by atoms with van der Waals surface area (Å²) >= 11 is 0. The first kappa shape index (κ1) is 21.5. The van der Waals surface area contributed by atoms with Gasteiger partial charge in [0.05, 0.1) is 29.1 Å². The number of piperazine rings is 1. The lowest BCUT2D eigenvalue weighted by molar-refractivity contribution is 0.280. The number of nitrogens with one attached hydrogen (secondary N) is 1. The lowest BCUT2D eigenvalue weighted by atomic mass is 10.0. The summed E-state index contributed by atoms with van der Waals surface area (Å²) in [5.74, 6) is 0. The molecule has 1 aliphatic rings. The van der Waals surface area contributed by atoms with Crippen LogP contribution < -0.4 is 10.3 Å². The van der Waals surface area contributed by atoms with E-state index in [1.165, 1.54) is 0 Å². The molecule has 0 bridgehead atoms. The molecule has 1 fully saturated rings. The molecule has 0 spiro atoms. The van der Waals surface area contributed by atoms with Gasteiger partial charge in [0.15, 0.2) is 5.43 Å². The van der Waals surface area contributed by atoms with Crippen molar-refractivity contribution in [3.63, 3.8) is 0 Å². The molecule has 4 aromatic rings. The van der Waals surface area contributed by atoms with Gasteiger partial charge in [-0.05, 0) is 44.7 Å². The van der Waals surface area contributed by atoms with E-state index in [1.54, 1.807) is 12.1 Å². The van der Waals surface area contributed by atoms with Crippen molar-refractivity contribution < 1.29 is 5.11 Å². The van der Waals surface area contributed by atoms with Crippen LogP contribution >= 0.6 is 0 Å². The van der Waals surface area contributed by atoms with Crippen LogP contribution in [0.3, 0.4) is 0 Å². The van der Waals surface area contributed by atoms with Gasteiger partial charge in [0.25, 0.3) is 0 Å². The normalized spacial score (nSPS) is 16.0. The summed E-state index contributed by atoms with van der Waals surface area (Å²) in [6.45, 7) is 7.87. The maximum Gasteiger partial charge on any atom is 0.199 e. The largest absolute Gasteiger partial charge is 0.392 e. The number of fused-ring (bicyclic) bond motifs is 4. The minimum absolute atomic E-state index is 0.0462. The van der Waals surface area contributed by atoms with Gasteiger partial charge in [-0.1, -0.05) is 13.0 Å². The Morgan fingerprint density at radius 3 is 2.58 bits per heavy atom. The third kappa shape index (κ3) is 3.38. The fourth-order valence-corrected chi connectivity index (χ4v) is 5.03. The first-order valence-corrected chi connectivity index (χ1v) is 11.6. The van der Waals surface area contributed by atoms with Crippen molar-refractivity contribution in [2.45, 2.75) is 32.9 Å². The number of hydrogen-bond acceptors (Lipinski definition) is 5. The molecular weight excluding hydrogens is 414 g/mol. The van der Waals surface area contributed by atoms with E-state index >= 15 is 0 Å². The van der Waals surface area contributed by atoms with Crippen molar-refractivity contribution in [3.05, 3.63) is 51.7 Å². The summed E-state index contributed by atoms with van der Waals surface area (Å²) in [5, 5.41) is 21.6. The molecule has 1 atom stereocenters. The van der Waals surface area contributed by atoms with Crippen LogP contribution in [0, 0.1) is 11.3 Å². The summed E-state index contributed by atoms with van der Waals surface area (Å²) in [5.41, 5.74) is 4.74. The Labute approximate surface area is 192 Å². The fourth-order valence-electron chi connectivity index (χ4n) is 5.03. The zero-order valence-corrected chi connectivity index (χ0v) is 19.4. The number of benzene rings is 2. The third-order valence-corrected chi connectivity index (χ3v) is 7.12. The molecule has 0 saturated carbocycles. The highest BCUT2D eigenvalue weighted by molar-refractivity contribution is 6.10. The van der Waals surface area contributed by atoms with E-state index in [0.29, 0.717) is 16.3 Å². The quantitative estimate of drug-likeness (QED) is 0.502. The van der Waals surface area contributed by atoms with Crippen molar-refractivity contribution in [3.8, 4) is 6.07 Å². The van der Waals surface area contributed by atoms with E-state index in [1.807, 2.05) is 12.1 Å². The van der Waals surface area contributed by atoms with Crippen molar-refractivity contribution >= 4 is 38.5 Å². The molecule has 1 aliphatic heterocycles. The van der Waals surface area contributed by atoms with Crippen molar-refractivity contribution in [1.82, 2.24) is 14.5 Å². The highest BCUT2D eigenvalue weighted by atomic mass is 16.3. The van der Waals surface area contributed by atoms with Gasteiger partial charge < -0.3 is 24.5 Å². The number of nitriles is 1. The molecule has 5 rings (SSSR count). The van der Waals surface area contributed by atoms with Gasteiger partial charge >= 0.3 is 0 Å². The average Bonchev–Trinajstić information content (AvgIpc) is 3.22. The number of aliphatic hydroxyl groups excluding tert-OH is 1. The molecule has 2 N–H and O–H groups in total. The SMILES string of the molecule is CCC(C)n1c2cc(N3CCN(C)CC3)c(CO)cc2c(=O)c2c3ccc(C#N)cc3[nH]c21. The average molecular weight is 444 g/mol. The number of hydrogen-bond donors (Lipinski definition) is 2. The minimum Gasteiger partial charge on any atom is -0.392 e. The molecule has 0 radical (unpaired) electrons. The molecule has 2 aromatic carbocycles. The first-order valence-electron chi connectivity index (χ1n) is 11.6. The number of aromatic nitrogens is 2. The zero-order valence-electron chi connectivity index (χ0n) is 19.4. The molecule has 0 aliphatic carbocycles. The summed E-state index contributed by atoms with van der Waals surface area (Å²) in [4.78, 5) is 21.8. The Kier molecular flexibility index (Phi) is 5.35. The van der Waals surface area contributed by atoms with Gasteiger partial charge in [0.2, 0.25) is 0 Å². The van der Waals surface area contributed by atoms with Crippen molar-refractivity contribution in [1.29, 1.82) is 5.26 Å². The van der Waals surface area contributed by atoms with Crippen LogP contribution in [0.4, 0.5) is 5.69 Å². The molecule has 7 heteroatoms. The molecule has 3 heterocycles.